The van der Waals surface area contributed by atoms with Crippen LogP contribution >= 0.6 is 11.3 Å². The number of thiazole rings is 1. The highest BCUT2D eigenvalue weighted by Crippen LogP contribution is 2.42. The number of para-hydroxylation sites is 1. The van der Waals surface area contributed by atoms with Crippen molar-refractivity contribution in [2.75, 3.05) is 17.7 Å². The molecular weight excluding hydrogens is 386 g/mol. The standard InChI is InChI=1S/C18H17N3O4S2/c1-27(24,25)12-8-9-14(16(11-12)21(22)23)20-10-4-6-15(20)18-19-13-5-2-3-7-17(13)26-18/h2-3,5,7-9,11,15H,4,6,10H2,1H3/t15-/m0/s1. The van der Waals surface area contributed by atoms with Crippen LogP contribution in [-0.4, -0.2) is 31.1 Å². The molecule has 27 heavy (non-hydrogen) atoms. The molecule has 1 fully saturated rings. The third kappa shape index (κ3) is 3.28. The fourth-order valence-corrected chi connectivity index (χ4v) is 5.22. The van der Waals surface area contributed by atoms with Crippen LogP contribution in [-0.2, 0) is 9.84 Å². The summed E-state index contributed by atoms with van der Waals surface area (Å²) in [5, 5.41) is 12.5. The summed E-state index contributed by atoms with van der Waals surface area (Å²) in [6.45, 7) is 0.666. The summed E-state index contributed by atoms with van der Waals surface area (Å²) < 4.78 is 24.6. The molecular formula is C18H17N3O4S2. The number of aromatic nitrogens is 1. The summed E-state index contributed by atoms with van der Waals surface area (Å²) in [5.74, 6) is 0. The first-order valence-electron chi connectivity index (χ1n) is 8.45. The Kier molecular flexibility index (Phi) is 4.35. The van der Waals surface area contributed by atoms with E-state index in [1.54, 1.807) is 17.4 Å². The zero-order valence-corrected chi connectivity index (χ0v) is 16.2. The second kappa shape index (κ2) is 6.58. The molecule has 140 valence electrons. The molecule has 1 aromatic heterocycles. The molecule has 0 bridgehead atoms. The van der Waals surface area contributed by atoms with Crippen molar-refractivity contribution < 1.29 is 13.3 Å². The summed E-state index contributed by atoms with van der Waals surface area (Å²) >= 11 is 1.60. The van der Waals surface area contributed by atoms with Gasteiger partial charge in [0.1, 0.15) is 10.7 Å². The molecule has 1 saturated heterocycles. The number of rotatable bonds is 4. The molecule has 0 N–H and O–H groups in total. The van der Waals surface area contributed by atoms with Crippen LogP contribution in [0, 0.1) is 10.1 Å². The van der Waals surface area contributed by atoms with Gasteiger partial charge in [-0.05, 0) is 37.1 Å². The van der Waals surface area contributed by atoms with Gasteiger partial charge in [-0.2, -0.15) is 0 Å². The molecule has 7 nitrogen and oxygen atoms in total. The monoisotopic (exact) mass is 403 g/mol. The first-order chi connectivity index (χ1) is 12.8. The first-order valence-corrected chi connectivity index (χ1v) is 11.2. The highest BCUT2D eigenvalue weighted by Gasteiger charge is 2.33. The largest absolute Gasteiger partial charge is 0.357 e. The van der Waals surface area contributed by atoms with Crippen molar-refractivity contribution in [2.24, 2.45) is 0 Å². The number of benzene rings is 2. The average Bonchev–Trinajstić information content (AvgIpc) is 3.26. The maximum atomic E-state index is 11.8. The molecule has 0 unspecified atom stereocenters. The summed E-state index contributed by atoms with van der Waals surface area (Å²) in [5.41, 5.74) is 1.17. The third-order valence-electron chi connectivity index (χ3n) is 4.73. The fraction of sp³-hybridized carbons (Fsp3) is 0.278. The van der Waals surface area contributed by atoms with Crippen LogP contribution in [0.3, 0.4) is 0 Å². The van der Waals surface area contributed by atoms with Crippen LogP contribution in [0.4, 0.5) is 11.4 Å². The zero-order chi connectivity index (χ0) is 19.2. The van der Waals surface area contributed by atoms with Crippen molar-refractivity contribution in [3.63, 3.8) is 0 Å². The summed E-state index contributed by atoms with van der Waals surface area (Å²) in [4.78, 5) is 17.7. The topological polar surface area (TPSA) is 93.4 Å². The molecule has 1 aliphatic heterocycles. The Balaban J connectivity index is 1.78. The van der Waals surface area contributed by atoms with Crippen molar-refractivity contribution in [2.45, 2.75) is 23.8 Å². The number of nitrogens with zero attached hydrogens (tertiary/aromatic N) is 3. The Bertz CT molecular complexity index is 1110. The van der Waals surface area contributed by atoms with Gasteiger partial charge in [-0.15, -0.1) is 11.3 Å². The van der Waals surface area contributed by atoms with Gasteiger partial charge in [-0.3, -0.25) is 10.1 Å². The van der Waals surface area contributed by atoms with Crippen LogP contribution in [0.25, 0.3) is 10.2 Å². The maximum Gasteiger partial charge on any atom is 0.293 e. The molecule has 2 aromatic carbocycles. The Labute approximate surface area is 160 Å². The molecule has 2 heterocycles. The molecule has 0 spiro atoms. The molecule has 0 radical (unpaired) electrons. The number of fused-ring (bicyclic) bond motifs is 1. The number of hydrogen-bond donors (Lipinski definition) is 0. The molecule has 0 amide bonds. The minimum atomic E-state index is -3.52. The number of nitro benzene ring substituents is 1. The van der Waals surface area contributed by atoms with Gasteiger partial charge in [-0.25, -0.2) is 13.4 Å². The lowest BCUT2D eigenvalue weighted by Gasteiger charge is -2.25. The zero-order valence-electron chi connectivity index (χ0n) is 14.5. The Morgan fingerprint density at radius 1 is 1.26 bits per heavy atom. The first kappa shape index (κ1) is 17.9. The molecule has 4 rings (SSSR count). The number of sulfone groups is 1. The lowest BCUT2D eigenvalue weighted by Crippen LogP contribution is -2.23. The summed E-state index contributed by atoms with van der Waals surface area (Å²) in [7, 11) is -3.52. The van der Waals surface area contributed by atoms with Crippen molar-refractivity contribution in [3.05, 3.63) is 57.6 Å². The number of anilines is 1. The van der Waals surface area contributed by atoms with Crippen LogP contribution < -0.4 is 4.90 Å². The lowest BCUT2D eigenvalue weighted by atomic mass is 10.2. The quantitative estimate of drug-likeness (QED) is 0.484. The number of hydrogen-bond acceptors (Lipinski definition) is 7. The van der Waals surface area contributed by atoms with Gasteiger partial charge in [0.15, 0.2) is 9.84 Å². The van der Waals surface area contributed by atoms with E-state index >= 15 is 0 Å². The lowest BCUT2D eigenvalue weighted by molar-refractivity contribution is -0.384. The van der Waals surface area contributed by atoms with Gasteiger partial charge in [0, 0.05) is 18.9 Å². The van der Waals surface area contributed by atoms with Gasteiger partial charge < -0.3 is 4.90 Å². The molecule has 3 aromatic rings. The van der Waals surface area contributed by atoms with Crippen LogP contribution in [0.15, 0.2) is 47.4 Å². The third-order valence-corrected chi connectivity index (χ3v) is 6.98. The molecule has 1 atom stereocenters. The Hall–Kier alpha value is -2.52. The van der Waals surface area contributed by atoms with Crippen molar-refractivity contribution >= 4 is 42.8 Å². The van der Waals surface area contributed by atoms with E-state index in [1.807, 2.05) is 29.2 Å². The molecule has 0 aliphatic carbocycles. The maximum absolute atomic E-state index is 11.8. The van der Waals surface area contributed by atoms with E-state index in [9.17, 15) is 18.5 Å². The van der Waals surface area contributed by atoms with E-state index < -0.39 is 14.8 Å². The van der Waals surface area contributed by atoms with Gasteiger partial charge in [0.2, 0.25) is 0 Å². The number of nitro groups is 1. The highest BCUT2D eigenvalue weighted by molar-refractivity contribution is 7.90. The van der Waals surface area contributed by atoms with Gasteiger partial charge in [0.05, 0.1) is 26.1 Å². The van der Waals surface area contributed by atoms with Gasteiger partial charge >= 0.3 is 0 Å². The van der Waals surface area contributed by atoms with E-state index in [1.165, 1.54) is 6.07 Å². The SMILES string of the molecule is CS(=O)(=O)c1ccc(N2CCC[C@H]2c2nc3ccccc3s2)c([N+](=O)[O-])c1. The van der Waals surface area contributed by atoms with Crippen molar-refractivity contribution in [1.29, 1.82) is 0 Å². The van der Waals surface area contributed by atoms with Crippen molar-refractivity contribution in [3.8, 4) is 0 Å². The van der Waals surface area contributed by atoms with E-state index in [0.29, 0.717) is 12.2 Å². The van der Waals surface area contributed by atoms with Crippen molar-refractivity contribution in [1.82, 2.24) is 4.98 Å². The second-order valence-electron chi connectivity index (χ2n) is 6.55. The normalized spacial score (nSPS) is 17.5. The van der Waals surface area contributed by atoms with E-state index in [4.69, 9.17) is 4.98 Å². The average molecular weight is 403 g/mol. The van der Waals surface area contributed by atoms with Gasteiger partial charge in [0.25, 0.3) is 5.69 Å². The molecule has 1 aliphatic rings. The van der Waals surface area contributed by atoms with E-state index in [-0.39, 0.29) is 16.6 Å². The molecule has 9 heteroatoms. The van der Waals surface area contributed by atoms with Crippen LogP contribution in [0.2, 0.25) is 0 Å². The summed E-state index contributed by atoms with van der Waals surface area (Å²) in [6, 6.07) is 11.9. The summed E-state index contributed by atoms with van der Waals surface area (Å²) in [6.07, 6.45) is 2.79. The van der Waals surface area contributed by atoms with Crippen LogP contribution in [0.1, 0.15) is 23.9 Å². The predicted octanol–water partition coefficient (Wildman–Crippen LogP) is 3.95. The van der Waals surface area contributed by atoms with Crippen LogP contribution in [0.5, 0.6) is 0 Å². The van der Waals surface area contributed by atoms with E-state index in [2.05, 4.69) is 0 Å². The highest BCUT2D eigenvalue weighted by atomic mass is 32.2. The smallest absolute Gasteiger partial charge is 0.293 e. The van der Waals surface area contributed by atoms with E-state index in [0.717, 1.165) is 40.4 Å². The Morgan fingerprint density at radius 2 is 2.04 bits per heavy atom. The minimum Gasteiger partial charge on any atom is -0.357 e. The second-order valence-corrected chi connectivity index (χ2v) is 9.63. The van der Waals surface area contributed by atoms with Gasteiger partial charge in [-0.1, -0.05) is 12.1 Å². The minimum absolute atomic E-state index is 0.0475. The fourth-order valence-electron chi connectivity index (χ4n) is 3.47. The predicted molar refractivity (Wildman–Crippen MR) is 105 cm³/mol. The Morgan fingerprint density at radius 3 is 2.74 bits per heavy atom. The molecule has 0 saturated carbocycles.